The van der Waals surface area contributed by atoms with Gasteiger partial charge in [0.15, 0.2) is 17.7 Å². The molecule has 1 saturated heterocycles. The number of hydrogen-bond donors (Lipinski definition) is 4. The van der Waals surface area contributed by atoms with Gasteiger partial charge in [0.25, 0.3) is 0 Å². The summed E-state index contributed by atoms with van der Waals surface area (Å²) in [6.45, 7) is -0.287. The standard InChI is InChI=1S/C15H19N5O7/c16-13-10-14(18-5-17-13)20(6-19-10)15-12(25)11(24)7(27-15)4-26-9(23)3-1-2-8(21)22/h5-7,11-12,15,24-25H,1-4H2,(H,21,22)(H2,16,17,18)/t7-,11-,12+,15-/m1/s1. The number of anilines is 1. The quantitative estimate of drug-likeness (QED) is 0.424. The van der Waals surface area contributed by atoms with Gasteiger partial charge >= 0.3 is 11.9 Å². The van der Waals surface area contributed by atoms with Crippen LogP contribution in [0.25, 0.3) is 11.2 Å². The lowest BCUT2D eigenvalue weighted by molar-refractivity contribution is -0.150. The van der Waals surface area contributed by atoms with Crippen LogP contribution in [-0.2, 0) is 19.1 Å². The summed E-state index contributed by atoms with van der Waals surface area (Å²) >= 11 is 0. The van der Waals surface area contributed by atoms with Crippen LogP contribution in [0.5, 0.6) is 0 Å². The van der Waals surface area contributed by atoms with Gasteiger partial charge in [-0.05, 0) is 6.42 Å². The molecule has 0 unspecified atom stereocenters. The fraction of sp³-hybridized carbons (Fsp3) is 0.533. The third kappa shape index (κ3) is 3.97. The van der Waals surface area contributed by atoms with Crippen molar-refractivity contribution < 1.29 is 34.4 Å². The summed E-state index contributed by atoms with van der Waals surface area (Å²) in [6.07, 6.45) is -2.05. The molecule has 1 aliphatic rings. The van der Waals surface area contributed by atoms with E-state index in [2.05, 4.69) is 15.0 Å². The van der Waals surface area contributed by atoms with Crippen LogP contribution in [0.2, 0.25) is 0 Å². The Morgan fingerprint density at radius 3 is 2.74 bits per heavy atom. The van der Waals surface area contributed by atoms with E-state index in [-0.39, 0.29) is 31.7 Å². The number of carbonyl (C=O) groups excluding carboxylic acids is 1. The molecule has 3 rings (SSSR count). The molecule has 2 aromatic heterocycles. The highest BCUT2D eigenvalue weighted by Crippen LogP contribution is 2.32. The minimum Gasteiger partial charge on any atom is -0.481 e. The molecule has 12 heteroatoms. The largest absolute Gasteiger partial charge is 0.481 e. The van der Waals surface area contributed by atoms with E-state index < -0.39 is 36.5 Å². The van der Waals surface area contributed by atoms with E-state index >= 15 is 0 Å². The topological polar surface area (TPSA) is 183 Å². The monoisotopic (exact) mass is 381 g/mol. The molecule has 0 radical (unpaired) electrons. The summed E-state index contributed by atoms with van der Waals surface area (Å²) in [4.78, 5) is 34.0. The van der Waals surface area contributed by atoms with Crippen LogP contribution in [0, 0.1) is 0 Å². The first-order valence-corrected chi connectivity index (χ1v) is 8.20. The van der Waals surface area contributed by atoms with Gasteiger partial charge in [-0.1, -0.05) is 0 Å². The van der Waals surface area contributed by atoms with Gasteiger partial charge in [0, 0.05) is 12.8 Å². The number of carbonyl (C=O) groups is 2. The first kappa shape index (κ1) is 18.9. The number of ether oxygens (including phenoxy) is 2. The molecule has 5 N–H and O–H groups in total. The number of aliphatic hydroxyl groups excluding tert-OH is 2. The Balaban J connectivity index is 1.63. The lowest BCUT2D eigenvalue weighted by atomic mass is 10.1. The van der Waals surface area contributed by atoms with Gasteiger partial charge < -0.3 is 30.5 Å². The third-order valence-corrected chi connectivity index (χ3v) is 4.18. The van der Waals surface area contributed by atoms with Gasteiger partial charge in [0.05, 0.1) is 6.33 Å². The van der Waals surface area contributed by atoms with E-state index in [4.69, 9.17) is 20.3 Å². The van der Waals surface area contributed by atoms with Crippen LogP contribution in [0.4, 0.5) is 5.82 Å². The third-order valence-electron chi connectivity index (χ3n) is 4.18. The molecule has 2 aromatic rings. The van der Waals surface area contributed by atoms with Crippen LogP contribution in [0.1, 0.15) is 25.5 Å². The van der Waals surface area contributed by atoms with Crippen LogP contribution in [-0.4, -0.2) is 71.7 Å². The van der Waals surface area contributed by atoms with E-state index in [0.29, 0.717) is 11.2 Å². The maximum Gasteiger partial charge on any atom is 0.305 e. The number of aliphatic hydroxyl groups is 2. The van der Waals surface area contributed by atoms with E-state index in [0.717, 1.165) is 0 Å². The SMILES string of the molecule is Nc1ncnc2c1ncn2[C@@H]1O[C@H](COC(=O)CCCC(=O)O)[C@@H](O)[C@@H]1O. The summed E-state index contributed by atoms with van der Waals surface area (Å²) in [5.41, 5.74) is 6.38. The van der Waals surface area contributed by atoms with Crippen molar-refractivity contribution >= 4 is 28.9 Å². The van der Waals surface area contributed by atoms with Gasteiger partial charge in [-0.15, -0.1) is 0 Å². The number of rotatable bonds is 7. The molecule has 0 aliphatic carbocycles. The maximum absolute atomic E-state index is 11.6. The normalized spacial score (nSPS) is 25.0. The molecule has 3 heterocycles. The van der Waals surface area contributed by atoms with Crippen molar-refractivity contribution in [2.75, 3.05) is 12.3 Å². The van der Waals surface area contributed by atoms with Crippen molar-refractivity contribution in [1.29, 1.82) is 0 Å². The highest BCUT2D eigenvalue weighted by molar-refractivity contribution is 5.81. The average molecular weight is 381 g/mol. The lowest BCUT2D eigenvalue weighted by Crippen LogP contribution is -2.34. The average Bonchev–Trinajstić information content (AvgIpc) is 3.16. The first-order valence-electron chi connectivity index (χ1n) is 8.20. The van der Waals surface area contributed by atoms with Gasteiger partial charge in [0.2, 0.25) is 0 Å². The number of aliphatic carboxylic acids is 1. The minimum atomic E-state index is -1.31. The molecule has 0 bridgehead atoms. The Morgan fingerprint density at radius 2 is 2.00 bits per heavy atom. The second-order valence-corrected chi connectivity index (χ2v) is 6.06. The molecule has 0 amide bonds. The van der Waals surface area contributed by atoms with Crippen molar-refractivity contribution in [2.45, 2.75) is 43.8 Å². The zero-order valence-electron chi connectivity index (χ0n) is 14.1. The molecule has 146 valence electrons. The van der Waals surface area contributed by atoms with Crippen LogP contribution < -0.4 is 5.73 Å². The van der Waals surface area contributed by atoms with Crippen molar-refractivity contribution in [2.24, 2.45) is 0 Å². The molecule has 0 aromatic carbocycles. The summed E-state index contributed by atoms with van der Waals surface area (Å²) in [5, 5.41) is 29.0. The second kappa shape index (κ2) is 7.82. The van der Waals surface area contributed by atoms with Gasteiger partial charge in [0.1, 0.15) is 36.8 Å². The predicted octanol–water partition coefficient (Wildman–Crippen LogP) is -1.17. The van der Waals surface area contributed by atoms with Crippen LogP contribution >= 0.6 is 0 Å². The fourth-order valence-corrected chi connectivity index (χ4v) is 2.78. The number of fused-ring (bicyclic) bond motifs is 1. The van der Waals surface area contributed by atoms with E-state index in [1.54, 1.807) is 0 Å². The Kier molecular flexibility index (Phi) is 5.48. The van der Waals surface area contributed by atoms with Crippen LogP contribution in [0.15, 0.2) is 12.7 Å². The number of carboxylic acids is 1. The van der Waals surface area contributed by atoms with Crippen molar-refractivity contribution in [3.8, 4) is 0 Å². The molecule has 1 aliphatic heterocycles. The molecular weight excluding hydrogens is 362 g/mol. The number of esters is 1. The number of aromatic nitrogens is 4. The number of carboxylic acid groups (broad SMARTS) is 1. The highest BCUT2D eigenvalue weighted by atomic mass is 16.6. The highest BCUT2D eigenvalue weighted by Gasteiger charge is 2.44. The van der Waals surface area contributed by atoms with Gasteiger partial charge in [-0.25, -0.2) is 15.0 Å². The Labute approximate surface area is 152 Å². The Bertz CT molecular complexity index is 841. The lowest BCUT2D eigenvalue weighted by Gasteiger charge is -2.16. The molecule has 27 heavy (non-hydrogen) atoms. The van der Waals surface area contributed by atoms with E-state index in [1.165, 1.54) is 17.2 Å². The van der Waals surface area contributed by atoms with Gasteiger partial charge in [-0.2, -0.15) is 0 Å². The van der Waals surface area contributed by atoms with Crippen LogP contribution in [0.3, 0.4) is 0 Å². The first-order chi connectivity index (χ1) is 12.9. The number of hydrogen-bond acceptors (Lipinski definition) is 10. The molecule has 12 nitrogen and oxygen atoms in total. The molecule has 0 spiro atoms. The van der Waals surface area contributed by atoms with E-state index in [1.807, 2.05) is 0 Å². The molecular formula is C15H19N5O7. The summed E-state index contributed by atoms with van der Waals surface area (Å²) in [6, 6.07) is 0. The zero-order valence-corrected chi connectivity index (χ0v) is 14.1. The smallest absolute Gasteiger partial charge is 0.305 e. The second-order valence-electron chi connectivity index (χ2n) is 6.06. The van der Waals surface area contributed by atoms with Gasteiger partial charge in [-0.3, -0.25) is 14.2 Å². The maximum atomic E-state index is 11.6. The molecule has 0 saturated carbocycles. The molecule has 4 atom stereocenters. The van der Waals surface area contributed by atoms with Crippen molar-refractivity contribution in [3.63, 3.8) is 0 Å². The number of nitrogens with zero attached hydrogens (tertiary/aromatic N) is 4. The Hall–Kier alpha value is -2.83. The Morgan fingerprint density at radius 1 is 1.22 bits per heavy atom. The van der Waals surface area contributed by atoms with E-state index in [9.17, 15) is 19.8 Å². The number of imidazole rings is 1. The number of nitrogen functional groups attached to an aromatic ring is 1. The summed E-state index contributed by atoms with van der Waals surface area (Å²) < 4.78 is 12.0. The summed E-state index contributed by atoms with van der Waals surface area (Å²) in [5.74, 6) is -1.45. The van der Waals surface area contributed by atoms with Crippen molar-refractivity contribution in [3.05, 3.63) is 12.7 Å². The minimum absolute atomic E-state index is 0.0660. The molecule has 1 fully saturated rings. The number of nitrogens with two attached hydrogens (primary N) is 1. The van der Waals surface area contributed by atoms with Crippen molar-refractivity contribution in [1.82, 2.24) is 19.5 Å². The fourth-order valence-electron chi connectivity index (χ4n) is 2.78. The summed E-state index contributed by atoms with van der Waals surface area (Å²) in [7, 11) is 0. The zero-order chi connectivity index (χ0) is 19.6. The predicted molar refractivity (Wildman–Crippen MR) is 88.1 cm³/mol.